The molecule has 4 heteroatoms. The van der Waals surface area contributed by atoms with Gasteiger partial charge >= 0.3 is 0 Å². The molecule has 0 saturated heterocycles. The molecule has 0 aliphatic heterocycles. The minimum Gasteiger partial charge on any atom is -0.460 e. The molecule has 132 valence electrons. The summed E-state index contributed by atoms with van der Waals surface area (Å²) in [7, 11) is 0. The average Bonchev–Trinajstić information content (AvgIpc) is 3.28. The Balaban J connectivity index is 1.36. The number of H-pyrrole nitrogens is 1. The molecule has 0 aliphatic carbocycles. The van der Waals surface area contributed by atoms with E-state index in [4.69, 9.17) is 16.0 Å². The molecule has 0 bridgehead atoms. The van der Waals surface area contributed by atoms with Gasteiger partial charge in [0.1, 0.15) is 11.5 Å². The molecule has 0 unspecified atom stereocenters. The minimum atomic E-state index is 0.710. The van der Waals surface area contributed by atoms with Crippen molar-refractivity contribution in [2.75, 3.05) is 6.54 Å². The highest BCUT2D eigenvalue weighted by Gasteiger charge is 2.09. The van der Waals surface area contributed by atoms with Crippen LogP contribution in [0, 0.1) is 6.92 Å². The van der Waals surface area contributed by atoms with Crippen LogP contribution in [0.25, 0.3) is 22.2 Å². The van der Waals surface area contributed by atoms with Crippen LogP contribution in [-0.4, -0.2) is 11.5 Å². The van der Waals surface area contributed by atoms with Crippen molar-refractivity contribution in [3.05, 3.63) is 82.7 Å². The van der Waals surface area contributed by atoms with E-state index < -0.39 is 0 Å². The Hall–Kier alpha value is -2.49. The van der Waals surface area contributed by atoms with Crippen molar-refractivity contribution in [3.8, 4) is 11.3 Å². The molecule has 0 radical (unpaired) electrons. The van der Waals surface area contributed by atoms with E-state index in [-0.39, 0.29) is 0 Å². The lowest BCUT2D eigenvalue weighted by Crippen LogP contribution is -2.16. The first-order valence-electron chi connectivity index (χ1n) is 8.82. The number of rotatable bonds is 6. The molecule has 0 saturated carbocycles. The molecule has 0 atom stereocenters. The fourth-order valence-corrected chi connectivity index (χ4v) is 3.44. The van der Waals surface area contributed by atoms with E-state index in [0.29, 0.717) is 6.54 Å². The van der Waals surface area contributed by atoms with E-state index in [1.807, 2.05) is 37.3 Å². The Bertz CT molecular complexity index is 1030. The van der Waals surface area contributed by atoms with Crippen LogP contribution in [0.15, 0.2) is 65.2 Å². The topological polar surface area (TPSA) is 41.0 Å². The molecule has 0 amide bonds. The zero-order valence-corrected chi connectivity index (χ0v) is 15.4. The first-order chi connectivity index (χ1) is 12.7. The van der Waals surface area contributed by atoms with E-state index >= 15 is 0 Å². The summed E-state index contributed by atoms with van der Waals surface area (Å²) in [6.45, 7) is 3.62. The van der Waals surface area contributed by atoms with Gasteiger partial charge in [0, 0.05) is 27.7 Å². The quantitative estimate of drug-likeness (QED) is 0.429. The van der Waals surface area contributed by atoms with Gasteiger partial charge in [-0.25, -0.2) is 0 Å². The van der Waals surface area contributed by atoms with E-state index in [9.17, 15) is 0 Å². The van der Waals surface area contributed by atoms with Gasteiger partial charge in [0.15, 0.2) is 0 Å². The fourth-order valence-electron chi connectivity index (χ4n) is 3.27. The maximum Gasteiger partial charge on any atom is 0.134 e. The molecule has 0 fully saturated rings. The summed E-state index contributed by atoms with van der Waals surface area (Å²) in [5.41, 5.74) is 4.61. The van der Waals surface area contributed by atoms with E-state index in [0.717, 1.165) is 40.6 Å². The molecule has 2 heterocycles. The maximum absolute atomic E-state index is 6.21. The van der Waals surface area contributed by atoms with Crippen LogP contribution < -0.4 is 5.32 Å². The molecular formula is C22H21ClN2O. The third-order valence-electron chi connectivity index (χ3n) is 4.74. The van der Waals surface area contributed by atoms with Crippen LogP contribution in [0.2, 0.25) is 5.02 Å². The molecule has 2 aromatic carbocycles. The highest BCUT2D eigenvalue weighted by Crippen LogP contribution is 2.29. The Morgan fingerprint density at radius 1 is 1.04 bits per heavy atom. The third kappa shape index (κ3) is 3.41. The summed E-state index contributed by atoms with van der Waals surface area (Å²) in [5, 5.41) is 5.52. The second-order valence-corrected chi connectivity index (χ2v) is 6.87. The van der Waals surface area contributed by atoms with E-state index in [1.165, 1.54) is 16.5 Å². The Labute approximate surface area is 158 Å². The number of aromatic amines is 1. The smallest absolute Gasteiger partial charge is 0.134 e. The van der Waals surface area contributed by atoms with Gasteiger partial charge in [-0.05, 0) is 55.3 Å². The molecule has 3 nitrogen and oxygen atoms in total. The van der Waals surface area contributed by atoms with Gasteiger partial charge in [0.25, 0.3) is 0 Å². The van der Waals surface area contributed by atoms with Gasteiger partial charge in [-0.3, -0.25) is 0 Å². The summed E-state index contributed by atoms with van der Waals surface area (Å²) in [6.07, 6.45) is 3.07. The second kappa shape index (κ2) is 7.40. The highest BCUT2D eigenvalue weighted by atomic mass is 35.5. The highest BCUT2D eigenvalue weighted by molar-refractivity contribution is 6.31. The zero-order valence-electron chi connectivity index (χ0n) is 14.7. The van der Waals surface area contributed by atoms with Gasteiger partial charge in [-0.1, -0.05) is 41.9 Å². The lowest BCUT2D eigenvalue weighted by Gasteiger charge is -2.05. The molecule has 4 rings (SSSR count). The van der Waals surface area contributed by atoms with Crippen LogP contribution in [-0.2, 0) is 13.0 Å². The molecular weight excluding hydrogens is 344 g/mol. The first kappa shape index (κ1) is 17.0. The lowest BCUT2D eigenvalue weighted by molar-refractivity contribution is 0.494. The standard InChI is InChI=1S/C22H21ClN2O/c1-15-18(6-4-7-20(15)23)22-10-9-17(26-22)14-24-12-11-16-13-25-21-8-3-2-5-19(16)21/h2-10,13,24-25H,11-12,14H2,1H3. The summed E-state index contributed by atoms with van der Waals surface area (Å²) in [4.78, 5) is 3.32. The normalized spacial score (nSPS) is 11.3. The number of nitrogens with one attached hydrogen (secondary N) is 2. The Morgan fingerprint density at radius 3 is 2.85 bits per heavy atom. The molecule has 0 spiro atoms. The van der Waals surface area contributed by atoms with Crippen molar-refractivity contribution in [2.24, 2.45) is 0 Å². The number of hydrogen-bond acceptors (Lipinski definition) is 2. The van der Waals surface area contributed by atoms with E-state index in [1.54, 1.807) is 0 Å². The van der Waals surface area contributed by atoms with Crippen molar-refractivity contribution in [1.82, 2.24) is 10.3 Å². The molecule has 0 aliphatic rings. The van der Waals surface area contributed by atoms with Crippen molar-refractivity contribution < 1.29 is 4.42 Å². The van der Waals surface area contributed by atoms with Crippen LogP contribution in [0.4, 0.5) is 0 Å². The van der Waals surface area contributed by atoms with E-state index in [2.05, 4.69) is 40.8 Å². The van der Waals surface area contributed by atoms with Crippen LogP contribution in [0.5, 0.6) is 0 Å². The lowest BCUT2D eigenvalue weighted by atomic mass is 10.1. The average molecular weight is 365 g/mol. The SMILES string of the molecule is Cc1c(Cl)cccc1-c1ccc(CNCCc2c[nH]c3ccccc23)o1. The van der Waals surface area contributed by atoms with Crippen LogP contribution >= 0.6 is 11.6 Å². The fraction of sp³-hybridized carbons (Fsp3) is 0.182. The first-order valence-corrected chi connectivity index (χ1v) is 9.20. The Morgan fingerprint density at radius 2 is 1.92 bits per heavy atom. The molecule has 26 heavy (non-hydrogen) atoms. The Kier molecular flexibility index (Phi) is 4.83. The summed E-state index contributed by atoms with van der Waals surface area (Å²) < 4.78 is 5.99. The predicted molar refractivity (Wildman–Crippen MR) is 108 cm³/mol. The maximum atomic E-state index is 6.21. The number of aromatic nitrogens is 1. The van der Waals surface area contributed by atoms with Gasteiger partial charge in [-0.2, -0.15) is 0 Å². The summed E-state index contributed by atoms with van der Waals surface area (Å²) >= 11 is 6.21. The van der Waals surface area contributed by atoms with Gasteiger partial charge in [0.05, 0.1) is 6.54 Å². The largest absolute Gasteiger partial charge is 0.460 e. The van der Waals surface area contributed by atoms with Crippen LogP contribution in [0.1, 0.15) is 16.9 Å². The van der Waals surface area contributed by atoms with Crippen molar-refractivity contribution >= 4 is 22.5 Å². The zero-order chi connectivity index (χ0) is 17.9. The van der Waals surface area contributed by atoms with Gasteiger partial charge in [0.2, 0.25) is 0 Å². The summed E-state index contributed by atoms with van der Waals surface area (Å²) in [5.74, 6) is 1.79. The van der Waals surface area contributed by atoms with Crippen LogP contribution in [0.3, 0.4) is 0 Å². The van der Waals surface area contributed by atoms with Crippen molar-refractivity contribution in [1.29, 1.82) is 0 Å². The number of furan rings is 1. The van der Waals surface area contributed by atoms with Crippen molar-refractivity contribution in [3.63, 3.8) is 0 Å². The predicted octanol–water partition coefficient (Wildman–Crippen LogP) is 5.72. The number of halogens is 1. The number of para-hydroxylation sites is 1. The van der Waals surface area contributed by atoms with Gasteiger partial charge in [-0.15, -0.1) is 0 Å². The van der Waals surface area contributed by atoms with Crippen molar-refractivity contribution in [2.45, 2.75) is 19.9 Å². The number of fused-ring (bicyclic) bond motifs is 1. The number of benzene rings is 2. The monoisotopic (exact) mass is 364 g/mol. The minimum absolute atomic E-state index is 0.710. The number of hydrogen-bond donors (Lipinski definition) is 2. The molecule has 2 N–H and O–H groups in total. The molecule has 4 aromatic rings. The van der Waals surface area contributed by atoms with Gasteiger partial charge < -0.3 is 14.7 Å². The second-order valence-electron chi connectivity index (χ2n) is 6.46. The third-order valence-corrected chi connectivity index (χ3v) is 5.15. The molecule has 2 aromatic heterocycles. The summed E-state index contributed by atoms with van der Waals surface area (Å²) in [6, 6.07) is 18.3.